The molecule has 2 heterocycles. The molecular weight excluding hydrogens is 270 g/mol. The van der Waals surface area contributed by atoms with Crippen LogP contribution in [-0.4, -0.2) is 28.5 Å². The standard InChI is InChI=1S/C11H12BrN3O/c1-16-6-5-15-8-9(7-13-15)10-3-2-4-11(12)14-10/h2-4,7-8H,5-6H2,1H3. The number of hydrogen-bond donors (Lipinski definition) is 0. The summed E-state index contributed by atoms with van der Waals surface area (Å²) in [5, 5.41) is 4.24. The van der Waals surface area contributed by atoms with Crippen LogP contribution in [0, 0.1) is 0 Å². The fourth-order valence-corrected chi connectivity index (χ4v) is 1.72. The normalized spacial score (nSPS) is 10.6. The molecule has 0 saturated carbocycles. The van der Waals surface area contributed by atoms with Crippen molar-refractivity contribution in [1.82, 2.24) is 14.8 Å². The monoisotopic (exact) mass is 281 g/mol. The van der Waals surface area contributed by atoms with E-state index in [0.717, 1.165) is 22.4 Å². The zero-order valence-electron chi connectivity index (χ0n) is 8.93. The molecule has 2 aromatic rings. The lowest BCUT2D eigenvalue weighted by molar-refractivity contribution is 0.183. The molecule has 0 aliphatic carbocycles. The Bertz CT molecular complexity index is 470. The Morgan fingerprint density at radius 1 is 1.44 bits per heavy atom. The van der Waals surface area contributed by atoms with Gasteiger partial charge in [0, 0.05) is 18.9 Å². The molecule has 0 aromatic carbocycles. The smallest absolute Gasteiger partial charge is 0.106 e. The summed E-state index contributed by atoms with van der Waals surface area (Å²) >= 11 is 3.35. The van der Waals surface area contributed by atoms with Gasteiger partial charge in [0.25, 0.3) is 0 Å². The van der Waals surface area contributed by atoms with Crippen LogP contribution in [0.15, 0.2) is 35.2 Å². The molecule has 0 fully saturated rings. The lowest BCUT2D eigenvalue weighted by Gasteiger charge is -1.99. The van der Waals surface area contributed by atoms with Gasteiger partial charge in [0.2, 0.25) is 0 Å². The molecule has 0 amide bonds. The first kappa shape index (κ1) is 11.3. The van der Waals surface area contributed by atoms with Gasteiger partial charge < -0.3 is 4.74 Å². The third-order valence-electron chi connectivity index (χ3n) is 2.17. The maximum Gasteiger partial charge on any atom is 0.106 e. The van der Waals surface area contributed by atoms with Crippen LogP contribution in [0.1, 0.15) is 0 Å². The van der Waals surface area contributed by atoms with Crippen molar-refractivity contribution in [3.05, 3.63) is 35.2 Å². The molecule has 2 aromatic heterocycles. The van der Waals surface area contributed by atoms with Gasteiger partial charge in [0.1, 0.15) is 4.60 Å². The average molecular weight is 282 g/mol. The minimum absolute atomic E-state index is 0.660. The highest BCUT2D eigenvalue weighted by molar-refractivity contribution is 9.10. The number of halogens is 1. The molecule has 0 radical (unpaired) electrons. The van der Waals surface area contributed by atoms with Crippen molar-refractivity contribution < 1.29 is 4.74 Å². The van der Waals surface area contributed by atoms with Crippen LogP contribution in [0.3, 0.4) is 0 Å². The Morgan fingerprint density at radius 2 is 2.31 bits per heavy atom. The largest absolute Gasteiger partial charge is 0.383 e. The molecule has 4 nitrogen and oxygen atoms in total. The summed E-state index contributed by atoms with van der Waals surface area (Å²) in [5.41, 5.74) is 1.93. The summed E-state index contributed by atoms with van der Waals surface area (Å²) in [6.07, 6.45) is 3.78. The van der Waals surface area contributed by atoms with Crippen molar-refractivity contribution in [2.45, 2.75) is 6.54 Å². The number of rotatable bonds is 4. The number of ether oxygens (including phenoxy) is 1. The second kappa shape index (κ2) is 5.23. The van der Waals surface area contributed by atoms with Gasteiger partial charge in [-0.1, -0.05) is 6.07 Å². The summed E-state index contributed by atoms with van der Waals surface area (Å²) in [6.45, 7) is 1.41. The first-order valence-electron chi connectivity index (χ1n) is 4.94. The van der Waals surface area contributed by atoms with Gasteiger partial charge in [-0.05, 0) is 28.1 Å². The van der Waals surface area contributed by atoms with E-state index in [1.54, 1.807) is 7.11 Å². The van der Waals surface area contributed by atoms with Crippen LogP contribution in [0.2, 0.25) is 0 Å². The molecule has 0 aliphatic rings. The first-order chi connectivity index (χ1) is 7.79. The molecule has 0 bridgehead atoms. The Balaban J connectivity index is 2.18. The predicted molar refractivity (Wildman–Crippen MR) is 65.0 cm³/mol. The average Bonchev–Trinajstić information content (AvgIpc) is 2.75. The Kier molecular flexibility index (Phi) is 3.69. The van der Waals surface area contributed by atoms with Gasteiger partial charge in [-0.15, -0.1) is 0 Å². The molecule has 84 valence electrons. The highest BCUT2D eigenvalue weighted by Crippen LogP contribution is 2.18. The molecule has 0 N–H and O–H groups in total. The third kappa shape index (κ3) is 2.68. The Labute approximate surface area is 102 Å². The van der Waals surface area contributed by atoms with E-state index in [1.165, 1.54) is 0 Å². The molecule has 5 heteroatoms. The van der Waals surface area contributed by atoms with E-state index in [1.807, 2.05) is 35.3 Å². The number of hydrogen-bond acceptors (Lipinski definition) is 3. The van der Waals surface area contributed by atoms with Crippen LogP contribution >= 0.6 is 15.9 Å². The highest BCUT2D eigenvalue weighted by atomic mass is 79.9. The van der Waals surface area contributed by atoms with Gasteiger partial charge in [-0.25, -0.2) is 4.98 Å². The third-order valence-corrected chi connectivity index (χ3v) is 2.61. The predicted octanol–water partition coefficient (Wildman–Crippen LogP) is 2.35. The molecule has 16 heavy (non-hydrogen) atoms. The van der Waals surface area contributed by atoms with Gasteiger partial charge >= 0.3 is 0 Å². The second-order valence-corrected chi connectivity index (χ2v) is 4.14. The summed E-state index contributed by atoms with van der Waals surface area (Å²) < 4.78 is 7.67. The van der Waals surface area contributed by atoms with Crippen LogP contribution in [0.25, 0.3) is 11.3 Å². The Hall–Kier alpha value is -1.20. The summed E-state index contributed by atoms with van der Waals surface area (Å²) in [6, 6.07) is 5.82. The van der Waals surface area contributed by atoms with Crippen LogP contribution < -0.4 is 0 Å². The van der Waals surface area contributed by atoms with Crippen molar-refractivity contribution >= 4 is 15.9 Å². The highest BCUT2D eigenvalue weighted by Gasteiger charge is 2.03. The van der Waals surface area contributed by atoms with Crippen molar-refractivity contribution in [1.29, 1.82) is 0 Å². The summed E-state index contributed by atoms with van der Waals surface area (Å²) in [4.78, 5) is 4.37. The fraction of sp³-hybridized carbons (Fsp3) is 0.273. The SMILES string of the molecule is COCCn1cc(-c2cccc(Br)n2)cn1. The van der Waals surface area contributed by atoms with E-state index in [0.29, 0.717) is 6.61 Å². The van der Waals surface area contributed by atoms with E-state index in [2.05, 4.69) is 26.0 Å². The zero-order chi connectivity index (χ0) is 11.4. The van der Waals surface area contributed by atoms with E-state index >= 15 is 0 Å². The Morgan fingerprint density at radius 3 is 3.06 bits per heavy atom. The van der Waals surface area contributed by atoms with Crippen molar-refractivity contribution in [2.75, 3.05) is 13.7 Å². The van der Waals surface area contributed by atoms with E-state index in [-0.39, 0.29) is 0 Å². The number of methoxy groups -OCH3 is 1. The topological polar surface area (TPSA) is 39.9 Å². The lowest BCUT2D eigenvalue weighted by atomic mass is 10.2. The molecule has 0 spiro atoms. The number of pyridine rings is 1. The first-order valence-corrected chi connectivity index (χ1v) is 5.73. The van der Waals surface area contributed by atoms with Gasteiger partial charge in [-0.2, -0.15) is 5.10 Å². The molecule has 0 atom stereocenters. The van der Waals surface area contributed by atoms with E-state index in [4.69, 9.17) is 4.74 Å². The minimum atomic E-state index is 0.660. The second-order valence-electron chi connectivity index (χ2n) is 3.33. The molecule has 0 aliphatic heterocycles. The van der Waals surface area contributed by atoms with E-state index in [9.17, 15) is 0 Å². The molecule has 0 unspecified atom stereocenters. The minimum Gasteiger partial charge on any atom is -0.383 e. The zero-order valence-corrected chi connectivity index (χ0v) is 10.5. The fourth-order valence-electron chi connectivity index (χ4n) is 1.37. The molecule has 2 rings (SSSR count). The van der Waals surface area contributed by atoms with Crippen molar-refractivity contribution in [3.8, 4) is 11.3 Å². The maximum absolute atomic E-state index is 5.00. The number of aromatic nitrogens is 3. The van der Waals surface area contributed by atoms with Gasteiger partial charge in [0.15, 0.2) is 0 Å². The lowest BCUT2D eigenvalue weighted by Crippen LogP contribution is -2.03. The van der Waals surface area contributed by atoms with Crippen LogP contribution in [0.5, 0.6) is 0 Å². The quantitative estimate of drug-likeness (QED) is 0.808. The molecule has 0 saturated heterocycles. The number of nitrogens with zero attached hydrogens (tertiary/aromatic N) is 3. The van der Waals surface area contributed by atoms with Gasteiger partial charge in [-0.3, -0.25) is 4.68 Å². The van der Waals surface area contributed by atoms with Crippen LogP contribution in [-0.2, 0) is 11.3 Å². The molecular formula is C11H12BrN3O. The van der Waals surface area contributed by atoms with E-state index < -0.39 is 0 Å². The van der Waals surface area contributed by atoms with Crippen molar-refractivity contribution in [2.24, 2.45) is 0 Å². The summed E-state index contributed by atoms with van der Waals surface area (Å²) in [5.74, 6) is 0. The van der Waals surface area contributed by atoms with Crippen LogP contribution in [0.4, 0.5) is 0 Å². The summed E-state index contributed by atoms with van der Waals surface area (Å²) in [7, 11) is 1.68. The maximum atomic E-state index is 5.00. The van der Waals surface area contributed by atoms with Crippen molar-refractivity contribution in [3.63, 3.8) is 0 Å². The van der Waals surface area contributed by atoms with Gasteiger partial charge in [0.05, 0.1) is 25.0 Å².